The molecule has 3 rings (SSSR count). The molecule has 7 heteroatoms. The van der Waals surface area contributed by atoms with Crippen molar-refractivity contribution in [1.29, 1.82) is 0 Å². The SMILES string of the molecule is COC(=O)CCNC(=O)c1ccc(CC2CCN(Cc3cnc(C)cn3)C2)cc1. The lowest BCUT2D eigenvalue weighted by atomic mass is 9.98. The van der Waals surface area contributed by atoms with E-state index in [0.717, 1.165) is 43.9 Å². The molecule has 0 saturated carbocycles. The Kier molecular flexibility index (Phi) is 7.30. The van der Waals surface area contributed by atoms with E-state index in [9.17, 15) is 9.59 Å². The zero-order valence-electron chi connectivity index (χ0n) is 17.1. The molecule has 29 heavy (non-hydrogen) atoms. The molecular weight excluding hydrogens is 368 g/mol. The summed E-state index contributed by atoms with van der Waals surface area (Å²) in [6, 6.07) is 7.72. The van der Waals surface area contributed by atoms with E-state index in [4.69, 9.17) is 0 Å². The van der Waals surface area contributed by atoms with E-state index in [2.05, 4.69) is 24.9 Å². The van der Waals surface area contributed by atoms with Crippen LogP contribution in [0.3, 0.4) is 0 Å². The zero-order chi connectivity index (χ0) is 20.6. The predicted molar refractivity (Wildman–Crippen MR) is 109 cm³/mol. The summed E-state index contributed by atoms with van der Waals surface area (Å²) in [5.74, 6) is 0.0977. The van der Waals surface area contributed by atoms with Crippen molar-refractivity contribution in [1.82, 2.24) is 20.2 Å². The lowest BCUT2D eigenvalue weighted by molar-refractivity contribution is -0.140. The van der Waals surface area contributed by atoms with Crippen LogP contribution in [0.15, 0.2) is 36.7 Å². The van der Waals surface area contributed by atoms with Crippen LogP contribution in [0.25, 0.3) is 0 Å². The molecule has 0 aliphatic carbocycles. The molecule has 0 radical (unpaired) electrons. The van der Waals surface area contributed by atoms with Crippen molar-refractivity contribution in [3.05, 3.63) is 59.2 Å². The molecule has 1 N–H and O–H groups in total. The third kappa shape index (κ3) is 6.35. The molecule has 0 spiro atoms. The quantitative estimate of drug-likeness (QED) is 0.688. The summed E-state index contributed by atoms with van der Waals surface area (Å²) < 4.78 is 4.56. The number of carbonyl (C=O) groups is 2. The largest absolute Gasteiger partial charge is 0.469 e. The summed E-state index contributed by atoms with van der Waals surface area (Å²) in [7, 11) is 1.34. The fourth-order valence-corrected chi connectivity index (χ4v) is 3.56. The van der Waals surface area contributed by atoms with Crippen LogP contribution in [0.4, 0.5) is 0 Å². The first-order valence-electron chi connectivity index (χ1n) is 9.97. The lowest BCUT2D eigenvalue weighted by Crippen LogP contribution is -2.26. The molecule has 1 aromatic carbocycles. The normalized spacial score (nSPS) is 16.6. The molecule has 1 amide bonds. The zero-order valence-corrected chi connectivity index (χ0v) is 17.1. The Balaban J connectivity index is 1.44. The van der Waals surface area contributed by atoms with Crippen molar-refractivity contribution in [2.75, 3.05) is 26.7 Å². The first-order chi connectivity index (χ1) is 14.0. The van der Waals surface area contributed by atoms with Crippen molar-refractivity contribution in [2.24, 2.45) is 5.92 Å². The van der Waals surface area contributed by atoms with E-state index in [1.165, 1.54) is 12.7 Å². The van der Waals surface area contributed by atoms with Crippen molar-refractivity contribution in [3.8, 4) is 0 Å². The number of methoxy groups -OCH3 is 1. The van der Waals surface area contributed by atoms with Crippen LogP contribution in [0.2, 0.25) is 0 Å². The van der Waals surface area contributed by atoms with Crippen molar-refractivity contribution in [3.63, 3.8) is 0 Å². The van der Waals surface area contributed by atoms with E-state index in [1.54, 1.807) is 0 Å². The number of ether oxygens (including phenoxy) is 1. The topological polar surface area (TPSA) is 84.4 Å². The molecule has 1 unspecified atom stereocenters. The minimum atomic E-state index is -0.333. The smallest absolute Gasteiger partial charge is 0.307 e. The van der Waals surface area contributed by atoms with Gasteiger partial charge in [-0.3, -0.25) is 24.5 Å². The van der Waals surface area contributed by atoms with Crippen LogP contribution in [0.5, 0.6) is 0 Å². The summed E-state index contributed by atoms with van der Waals surface area (Å²) >= 11 is 0. The first kappa shape index (κ1) is 20.9. The number of nitrogens with one attached hydrogen (secondary N) is 1. The number of likely N-dealkylation sites (tertiary alicyclic amines) is 1. The highest BCUT2D eigenvalue weighted by Crippen LogP contribution is 2.22. The van der Waals surface area contributed by atoms with Crippen molar-refractivity contribution >= 4 is 11.9 Å². The van der Waals surface area contributed by atoms with Crippen LogP contribution in [0, 0.1) is 12.8 Å². The molecule has 1 atom stereocenters. The van der Waals surface area contributed by atoms with Gasteiger partial charge in [0.25, 0.3) is 5.91 Å². The van der Waals surface area contributed by atoms with Crippen LogP contribution in [-0.4, -0.2) is 53.5 Å². The number of hydrogen-bond donors (Lipinski definition) is 1. The second-order valence-corrected chi connectivity index (χ2v) is 7.52. The average Bonchev–Trinajstić information content (AvgIpc) is 3.16. The van der Waals surface area contributed by atoms with Crippen LogP contribution < -0.4 is 5.32 Å². The summed E-state index contributed by atoms with van der Waals surface area (Å²) in [6.45, 7) is 5.18. The van der Waals surface area contributed by atoms with E-state index in [1.807, 2.05) is 43.6 Å². The molecule has 1 saturated heterocycles. The Morgan fingerprint density at radius 2 is 2.00 bits per heavy atom. The molecule has 7 nitrogen and oxygen atoms in total. The third-order valence-corrected chi connectivity index (χ3v) is 5.17. The van der Waals surface area contributed by atoms with Gasteiger partial charge >= 0.3 is 5.97 Å². The van der Waals surface area contributed by atoms with Crippen LogP contribution in [0.1, 0.15) is 40.2 Å². The van der Waals surface area contributed by atoms with Gasteiger partial charge in [0, 0.05) is 37.6 Å². The highest BCUT2D eigenvalue weighted by molar-refractivity contribution is 5.94. The van der Waals surface area contributed by atoms with Crippen LogP contribution >= 0.6 is 0 Å². The molecular formula is C22H28N4O3. The Morgan fingerprint density at radius 1 is 1.21 bits per heavy atom. The molecule has 0 bridgehead atoms. The summed E-state index contributed by atoms with van der Waals surface area (Å²) in [6.07, 6.45) is 6.01. The predicted octanol–water partition coefficient (Wildman–Crippen LogP) is 2.14. The van der Waals surface area contributed by atoms with Gasteiger partial charge in [-0.2, -0.15) is 0 Å². The number of benzene rings is 1. The first-order valence-corrected chi connectivity index (χ1v) is 9.97. The maximum atomic E-state index is 12.1. The molecule has 2 aromatic rings. The highest BCUT2D eigenvalue weighted by Gasteiger charge is 2.23. The maximum Gasteiger partial charge on any atom is 0.307 e. The van der Waals surface area contributed by atoms with Gasteiger partial charge in [-0.05, 0) is 49.9 Å². The number of carbonyl (C=O) groups excluding carboxylic acids is 2. The lowest BCUT2D eigenvalue weighted by Gasteiger charge is -2.15. The van der Waals surface area contributed by atoms with E-state index >= 15 is 0 Å². The molecule has 154 valence electrons. The average molecular weight is 396 g/mol. The Labute approximate surface area is 171 Å². The Bertz CT molecular complexity index is 821. The highest BCUT2D eigenvalue weighted by atomic mass is 16.5. The Morgan fingerprint density at radius 3 is 2.69 bits per heavy atom. The number of esters is 1. The monoisotopic (exact) mass is 396 g/mol. The summed E-state index contributed by atoms with van der Waals surface area (Å²) in [4.78, 5) is 34.4. The van der Waals surface area contributed by atoms with Gasteiger partial charge in [-0.25, -0.2) is 0 Å². The summed E-state index contributed by atoms with van der Waals surface area (Å²) in [5.41, 5.74) is 3.79. The van der Waals surface area contributed by atoms with E-state index in [0.29, 0.717) is 11.5 Å². The van der Waals surface area contributed by atoms with Gasteiger partial charge < -0.3 is 10.1 Å². The van der Waals surface area contributed by atoms with Gasteiger partial charge in [-0.15, -0.1) is 0 Å². The molecule has 1 aromatic heterocycles. The van der Waals surface area contributed by atoms with Gasteiger partial charge in [0.1, 0.15) is 0 Å². The molecule has 2 heterocycles. The number of amides is 1. The standard InChI is InChI=1S/C22H28N4O3/c1-16-12-25-20(13-24-16)15-26-10-8-18(14-26)11-17-3-5-19(6-4-17)22(28)23-9-7-21(27)29-2/h3-6,12-13,18H,7-11,14-15H2,1-2H3,(H,23,28). The van der Waals surface area contributed by atoms with Gasteiger partial charge in [0.15, 0.2) is 0 Å². The fourth-order valence-electron chi connectivity index (χ4n) is 3.56. The number of aromatic nitrogens is 2. The van der Waals surface area contributed by atoms with Gasteiger partial charge in [-0.1, -0.05) is 12.1 Å². The molecule has 1 aliphatic rings. The van der Waals surface area contributed by atoms with Crippen LogP contribution in [-0.2, 0) is 22.5 Å². The number of aryl methyl sites for hydroxylation is 1. The van der Waals surface area contributed by atoms with Crippen molar-refractivity contribution < 1.29 is 14.3 Å². The minimum Gasteiger partial charge on any atom is -0.469 e. The maximum absolute atomic E-state index is 12.1. The second-order valence-electron chi connectivity index (χ2n) is 7.52. The van der Waals surface area contributed by atoms with Gasteiger partial charge in [0.05, 0.1) is 24.9 Å². The van der Waals surface area contributed by atoms with E-state index < -0.39 is 0 Å². The Hall–Kier alpha value is -2.80. The van der Waals surface area contributed by atoms with Gasteiger partial charge in [0.2, 0.25) is 0 Å². The molecule has 1 aliphatic heterocycles. The minimum absolute atomic E-state index is 0.173. The van der Waals surface area contributed by atoms with E-state index in [-0.39, 0.29) is 24.8 Å². The summed E-state index contributed by atoms with van der Waals surface area (Å²) in [5, 5.41) is 2.73. The third-order valence-electron chi connectivity index (χ3n) is 5.17. The number of hydrogen-bond acceptors (Lipinski definition) is 6. The number of nitrogens with zero attached hydrogens (tertiary/aromatic N) is 3. The van der Waals surface area contributed by atoms with Crippen molar-refractivity contribution in [2.45, 2.75) is 32.7 Å². The fraction of sp³-hybridized carbons (Fsp3) is 0.455. The number of rotatable bonds is 8. The molecule has 1 fully saturated rings. The second kappa shape index (κ2) is 10.1.